The zero-order valence-electron chi connectivity index (χ0n) is 11.4. The second kappa shape index (κ2) is 13.2. The quantitative estimate of drug-likeness (QED) is 0.335. The van der Waals surface area contributed by atoms with Gasteiger partial charge < -0.3 is 0 Å². The van der Waals surface area contributed by atoms with Gasteiger partial charge in [0.2, 0.25) is 0 Å². The van der Waals surface area contributed by atoms with E-state index in [1.165, 1.54) is 38.5 Å². The minimum atomic E-state index is 0.410. The van der Waals surface area contributed by atoms with Gasteiger partial charge in [-0.05, 0) is 12.8 Å². The summed E-state index contributed by atoms with van der Waals surface area (Å²) in [5.74, 6) is 0.410. The molecule has 0 spiro atoms. The maximum absolute atomic E-state index is 11.5. The highest BCUT2D eigenvalue weighted by Crippen LogP contribution is 2.09. The van der Waals surface area contributed by atoms with Gasteiger partial charge in [-0.1, -0.05) is 70.3 Å². The summed E-state index contributed by atoms with van der Waals surface area (Å²) in [6.07, 6.45) is 16.9. The Hall–Kier alpha value is -0.850. The lowest BCUT2D eigenvalue weighted by atomic mass is 10.0. The zero-order chi connectivity index (χ0) is 12.8. The zero-order valence-corrected chi connectivity index (χ0v) is 11.4. The number of ketones is 1. The summed E-state index contributed by atoms with van der Waals surface area (Å²) in [6.45, 7) is 5.83. The molecule has 0 saturated heterocycles. The van der Waals surface area contributed by atoms with Crippen LogP contribution in [0.1, 0.15) is 71.1 Å². The van der Waals surface area contributed by atoms with Gasteiger partial charge in [-0.25, -0.2) is 0 Å². The molecular formula is C16H28O. The minimum Gasteiger partial charge on any atom is -0.300 e. The number of rotatable bonds is 12. The molecule has 17 heavy (non-hydrogen) atoms. The second-order valence-corrected chi connectivity index (χ2v) is 4.61. The molecule has 0 fully saturated rings. The summed E-state index contributed by atoms with van der Waals surface area (Å²) in [5.41, 5.74) is 0. The minimum absolute atomic E-state index is 0.410. The molecule has 1 heteroatoms. The highest BCUT2D eigenvalue weighted by molar-refractivity contribution is 5.78. The second-order valence-electron chi connectivity index (χ2n) is 4.61. The summed E-state index contributed by atoms with van der Waals surface area (Å²) in [4.78, 5) is 11.5. The first kappa shape index (κ1) is 16.1. The Morgan fingerprint density at radius 1 is 1.00 bits per heavy atom. The smallest absolute Gasteiger partial charge is 0.133 e. The van der Waals surface area contributed by atoms with Gasteiger partial charge in [0.05, 0.1) is 0 Å². The molecule has 0 aromatic rings. The van der Waals surface area contributed by atoms with Crippen molar-refractivity contribution in [3.8, 4) is 0 Å². The van der Waals surface area contributed by atoms with Crippen LogP contribution in [-0.4, -0.2) is 5.78 Å². The Morgan fingerprint density at radius 2 is 1.65 bits per heavy atom. The predicted octanol–water partition coefficient (Wildman–Crippen LogP) is 5.22. The first-order valence-electron chi connectivity index (χ1n) is 7.10. The highest BCUT2D eigenvalue weighted by atomic mass is 16.1. The summed E-state index contributed by atoms with van der Waals surface area (Å²) in [7, 11) is 0. The number of unbranched alkanes of at least 4 members (excludes halogenated alkanes) is 6. The molecule has 0 aromatic carbocycles. The molecule has 0 aliphatic carbocycles. The van der Waals surface area contributed by atoms with E-state index in [1.54, 1.807) is 6.08 Å². The number of hydrogen-bond donors (Lipinski definition) is 0. The van der Waals surface area contributed by atoms with Crippen LogP contribution in [-0.2, 0) is 4.79 Å². The summed E-state index contributed by atoms with van der Waals surface area (Å²) >= 11 is 0. The molecule has 0 unspecified atom stereocenters. The Bertz CT molecular complexity index is 216. The van der Waals surface area contributed by atoms with Gasteiger partial charge >= 0.3 is 0 Å². The third-order valence-electron chi connectivity index (χ3n) is 2.92. The van der Waals surface area contributed by atoms with Gasteiger partial charge in [0, 0.05) is 12.8 Å². The van der Waals surface area contributed by atoms with Crippen LogP contribution in [0.25, 0.3) is 0 Å². The largest absolute Gasteiger partial charge is 0.300 e. The van der Waals surface area contributed by atoms with E-state index in [4.69, 9.17) is 0 Å². The molecule has 1 nitrogen and oxygen atoms in total. The van der Waals surface area contributed by atoms with E-state index < -0.39 is 0 Å². The molecule has 0 atom stereocenters. The van der Waals surface area contributed by atoms with Crippen LogP contribution < -0.4 is 0 Å². The van der Waals surface area contributed by atoms with Crippen molar-refractivity contribution in [2.75, 3.05) is 0 Å². The third kappa shape index (κ3) is 13.1. The van der Waals surface area contributed by atoms with Gasteiger partial charge in [-0.15, -0.1) is 0 Å². The van der Waals surface area contributed by atoms with Crippen molar-refractivity contribution < 1.29 is 4.79 Å². The molecule has 0 bridgehead atoms. The molecule has 0 rings (SSSR count). The topological polar surface area (TPSA) is 17.1 Å². The maximum Gasteiger partial charge on any atom is 0.133 e. The normalized spacial score (nSPS) is 10.9. The maximum atomic E-state index is 11.5. The van der Waals surface area contributed by atoms with Gasteiger partial charge in [0.15, 0.2) is 0 Å². The van der Waals surface area contributed by atoms with E-state index in [9.17, 15) is 4.79 Å². The first-order chi connectivity index (χ1) is 8.31. The van der Waals surface area contributed by atoms with E-state index in [2.05, 4.69) is 13.5 Å². The number of Topliss-reactive ketones (excluding diaryl/α,β-unsaturated/α-hetero) is 1. The molecule has 0 amide bonds. The standard InChI is InChI=1S/C16H28O/c1-3-5-7-9-10-11-13-15-16(17)14-12-8-6-4-2/h4,6,8H,2-3,5,7,9-15H2,1H3. The molecule has 98 valence electrons. The van der Waals surface area contributed by atoms with Crippen molar-refractivity contribution >= 4 is 5.78 Å². The van der Waals surface area contributed by atoms with E-state index in [1.807, 2.05) is 12.2 Å². The van der Waals surface area contributed by atoms with Gasteiger partial charge in [0.25, 0.3) is 0 Å². The monoisotopic (exact) mass is 236 g/mol. The molecule has 0 saturated carbocycles. The molecule has 0 heterocycles. The van der Waals surface area contributed by atoms with Crippen molar-refractivity contribution in [1.82, 2.24) is 0 Å². The van der Waals surface area contributed by atoms with Crippen LogP contribution in [0.2, 0.25) is 0 Å². The van der Waals surface area contributed by atoms with Gasteiger partial charge in [-0.3, -0.25) is 4.79 Å². The third-order valence-corrected chi connectivity index (χ3v) is 2.92. The number of carbonyl (C=O) groups is 1. The molecule has 0 aliphatic heterocycles. The molecule has 0 aliphatic rings. The fourth-order valence-corrected chi connectivity index (χ4v) is 1.84. The van der Waals surface area contributed by atoms with Crippen LogP contribution in [0, 0.1) is 0 Å². The molecule has 0 radical (unpaired) electrons. The predicted molar refractivity (Wildman–Crippen MR) is 76.2 cm³/mol. The van der Waals surface area contributed by atoms with Crippen molar-refractivity contribution in [1.29, 1.82) is 0 Å². The van der Waals surface area contributed by atoms with Crippen molar-refractivity contribution in [3.63, 3.8) is 0 Å². The van der Waals surface area contributed by atoms with E-state index in [-0.39, 0.29) is 0 Å². The van der Waals surface area contributed by atoms with Crippen LogP contribution in [0.4, 0.5) is 0 Å². The van der Waals surface area contributed by atoms with E-state index in [0.717, 1.165) is 19.3 Å². The molecule has 0 aromatic heterocycles. The Morgan fingerprint density at radius 3 is 2.29 bits per heavy atom. The van der Waals surface area contributed by atoms with E-state index >= 15 is 0 Å². The molecular weight excluding hydrogens is 208 g/mol. The number of carbonyl (C=O) groups excluding carboxylic acids is 1. The fraction of sp³-hybridized carbons (Fsp3) is 0.688. The number of hydrogen-bond acceptors (Lipinski definition) is 1. The fourth-order valence-electron chi connectivity index (χ4n) is 1.84. The van der Waals surface area contributed by atoms with Crippen LogP contribution >= 0.6 is 0 Å². The lowest BCUT2D eigenvalue weighted by Crippen LogP contribution is -1.96. The summed E-state index contributed by atoms with van der Waals surface area (Å²) in [5, 5.41) is 0. The van der Waals surface area contributed by atoms with Gasteiger partial charge in [0.1, 0.15) is 5.78 Å². The highest BCUT2D eigenvalue weighted by Gasteiger charge is 1.99. The van der Waals surface area contributed by atoms with Crippen molar-refractivity contribution in [2.45, 2.75) is 71.1 Å². The first-order valence-corrected chi connectivity index (χ1v) is 7.10. The average Bonchev–Trinajstić information content (AvgIpc) is 2.33. The van der Waals surface area contributed by atoms with Crippen molar-refractivity contribution in [3.05, 3.63) is 24.8 Å². The SMILES string of the molecule is C=CC=CCCC(=O)CCCCCCCCC. The number of allylic oxidation sites excluding steroid dienone is 3. The van der Waals surface area contributed by atoms with E-state index in [0.29, 0.717) is 12.2 Å². The Balaban J connectivity index is 3.21. The lowest BCUT2D eigenvalue weighted by molar-refractivity contribution is -0.119. The average molecular weight is 236 g/mol. The summed E-state index contributed by atoms with van der Waals surface area (Å²) in [6, 6.07) is 0. The molecule has 0 N–H and O–H groups in total. The summed E-state index contributed by atoms with van der Waals surface area (Å²) < 4.78 is 0. The van der Waals surface area contributed by atoms with Crippen molar-refractivity contribution in [2.24, 2.45) is 0 Å². The Labute approximate surface area is 107 Å². The van der Waals surface area contributed by atoms with Crippen LogP contribution in [0.15, 0.2) is 24.8 Å². The van der Waals surface area contributed by atoms with Crippen LogP contribution in [0.3, 0.4) is 0 Å². The lowest BCUT2D eigenvalue weighted by Gasteiger charge is -2.00. The van der Waals surface area contributed by atoms with Crippen LogP contribution in [0.5, 0.6) is 0 Å². The van der Waals surface area contributed by atoms with Gasteiger partial charge in [-0.2, -0.15) is 0 Å². The Kier molecular flexibility index (Phi) is 12.6.